The molecule has 2 aromatic rings. The molecule has 4 heterocycles. The van der Waals surface area contributed by atoms with E-state index in [9.17, 15) is 19.2 Å². The number of alkyl carbamates (subject to hydrolysis) is 1. The van der Waals surface area contributed by atoms with Crippen LogP contribution in [0.5, 0.6) is 0 Å². The van der Waals surface area contributed by atoms with E-state index in [-0.39, 0.29) is 36.7 Å². The van der Waals surface area contributed by atoms with E-state index in [1.165, 1.54) is 4.90 Å². The van der Waals surface area contributed by atoms with Crippen molar-refractivity contribution >= 4 is 60.5 Å². The van der Waals surface area contributed by atoms with E-state index >= 15 is 0 Å². The minimum atomic E-state index is -0.574. The van der Waals surface area contributed by atoms with E-state index < -0.39 is 60.0 Å². The number of amides is 4. The summed E-state index contributed by atoms with van der Waals surface area (Å²) in [6, 6.07) is 14.7. The Hall–Kier alpha value is -4.11. The molecule has 0 aromatic heterocycles. The van der Waals surface area contributed by atoms with E-state index in [1.54, 1.807) is 37.6 Å². The molecule has 4 aliphatic heterocycles. The zero-order valence-electron chi connectivity index (χ0n) is 37.7. The predicted molar refractivity (Wildman–Crippen MR) is 229 cm³/mol. The third kappa shape index (κ3) is 10.8. The third-order valence-corrected chi connectivity index (χ3v) is 11.6. The van der Waals surface area contributed by atoms with E-state index in [0.29, 0.717) is 13.1 Å². The number of ether oxygens (including phenoxy) is 2. The lowest BCUT2D eigenvalue weighted by atomic mass is 9.79. The number of rotatable bonds is 6. The van der Waals surface area contributed by atoms with Gasteiger partial charge in [0.1, 0.15) is 11.2 Å². The van der Waals surface area contributed by atoms with Gasteiger partial charge in [0.15, 0.2) is 0 Å². The lowest BCUT2D eigenvalue weighted by Crippen LogP contribution is -2.42. The van der Waals surface area contributed by atoms with Crippen LogP contribution in [0.25, 0.3) is 0 Å². The average molecular weight is 819 g/mol. The number of likely N-dealkylation sites (N-methyl/N-ethyl adjacent to an activating group) is 1. The van der Waals surface area contributed by atoms with Gasteiger partial charge in [0.25, 0.3) is 0 Å². The average Bonchev–Trinajstić information content (AvgIpc) is 3.78. The van der Waals surface area contributed by atoms with E-state index in [4.69, 9.17) is 28.1 Å². The molecular weight excluding hydrogens is 754 g/mol. The fourth-order valence-corrected chi connectivity index (χ4v) is 6.79. The maximum absolute atomic E-state index is 12.6. The SMILES string of the molecule is CC(C)(C)OC(=O)N[C@H]1CC(=O)N(c2ccc(B3OC(C)(C)C(C)(C)O3)cc2)C1.CN(C(=O)OC(C)(C)C)[C@H]1CC(=O)N(c2ccc(B3OC(C)(C)C(C)(C)O3)cc2)C1. The molecule has 0 saturated carbocycles. The number of anilines is 2. The monoisotopic (exact) mass is 818 g/mol. The highest BCUT2D eigenvalue weighted by Crippen LogP contribution is 2.38. The van der Waals surface area contributed by atoms with Crippen molar-refractivity contribution in [3.8, 4) is 0 Å². The van der Waals surface area contributed by atoms with Gasteiger partial charge in [-0.1, -0.05) is 24.3 Å². The van der Waals surface area contributed by atoms with Gasteiger partial charge < -0.3 is 48.1 Å². The largest absolute Gasteiger partial charge is 0.494 e. The van der Waals surface area contributed by atoms with Gasteiger partial charge in [0.2, 0.25) is 11.8 Å². The normalized spacial score (nSPS) is 23.2. The zero-order valence-corrected chi connectivity index (χ0v) is 37.7. The van der Waals surface area contributed by atoms with Gasteiger partial charge in [-0.25, -0.2) is 9.59 Å². The predicted octanol–water partition coefficient (Wildman–Crippen LogP) is 5.57. The second-order valence-electron chi connectivity index (χ2n) is 19.9. The molecule has 16 heteroatoms. The van der Waals surface area contributed by atoms with E-state index in [0.717, 1.165) is 22.3 Å². The number of nitrogens with one attached hydrogen (secondary N) is 1. The second kappa shape index (κ2) is 16.4. The highest BCUT2D eigenvalue weighted by molar-refractivity contribution is 6.62. The summed E-state index contributed by atoms with van der Waals surface area (Å²) in [6.45, 7) is 27.9. The van der Waals surface area contributed by atoms with Crippen LogP contribution >= 0.6 is 0 Å². The van der Waals surface area contributed by atoms with Crippen molar-refractivity contribution in [1.29, 1.82) is 0 Å². The number of nitrogens with zero attached hydrogens (tertiary/aromatic N) is 3. The molecule has 322 valence electrons. The Bertz CT molecular complexity index is 1840. The number of carbonyl (C=O) groups is 4. The van der Waals surface area contributed by atoms with E-state index in [1.807, 2.05) is 125 Å². The molecular formula is C43H64B2N4O10. The number of hydrogen-bond donors (Lipinski definition) is 1. The lowest BCUT2D eigenvalue weighted by molar-refractivity contribution is -0.118. The topological polar surface area (TPSA) is 145 Å². The molecule has 4 amide bonds. The molecule has 0 radical (unpaired) electrons. The quantitative estimate of drug-likeness (QED) is 0.367. The Labute approximate surface area is 351 Å². The van der Waals surface area contributed by atoms with Crippen molar-refractivity contribution in [1.82, 2.24) is 10.2 Å². The van der Waals surface area contributed by atoms with Gasteiger partial charge in [-0.3, -0.25) is 9.59 Å². The van der Waals surface area contributed by atoms with Crippen LogP contribution in [0.15, 0.2) is 48.5 Å². The van der Waals surface area contributed by atoms with Crippen LogP contribution in [0.2, 0.25) is 0 Å². The van der Waals surface area contributed by atoms with Crippen molar-refractivity contribution in [2.75, 3.05) is 29.9 Å². The van der Waals surface area contributed by atoms with Gasteiger partial charge in [-0.05, 0) is 132 Å². The molecule has 2 atom stereocenters. The fraction of sp³-hybridized carbons (Fsp3) is 0.628. The minimum Gasteiger partial charge on any atom is -0.444 e. The smallest absolute Gasteiger partial charge is 0.444 e. The van der Waals surface area contributed by atoms with Gasteiger partial charge in [0.05, 0.1) is 34.5 Å². The first-order chi connectivity index (χ1) is 27.0. The molecule has 4 fully saturated rings. The van der Waals surface area contributed by atoms with Gasteiger partial charge in [-0.2, -0.15) is 0 Å². The maximum Gasteiger partial charge on any atom is 0.494 e. The zero-order chi connectivity index (χ0) is 44.1. The highest BCUT2D eigenvalue weighted by Gasteiger charge is 2.53. The molecule has 4 saturated heterocycles. The molecule has 2 aromatic carbocycles. The first-order valence-electron chi connectivity index (χ1n) is 20.4. The summed E-state index contributed by atoms with van der Waals surface area (Å²) < 4.78 is 35.0. The Morgan fingerprint density at radius 3 is 1.41 bits per heavy atom. The second-order valence-corrected chi connectivity index (χ2v) is 19.9. The number of benzene rings is 2. The number of carbonyl (C=O) groups excluding carboxylic acids is 4. The third-order valence-electron chi connectivity index (χ3n) is 11.6. The Balaban J connectivity index is 0.000000224. The van der Waals surface area contributed by atoms with Crippen molar-refractivity contribution < 1.29 is 47.3 Å². The molecule has 14 nitrogen and oxygen atoms in total. The molecule has 1 N–H and O–H groups in total. The van der Waals surface area contributed by atoms with Crippen LogP contribution in [0.1, 0.15) is 110 Å². The summed E-state index contributed by atoms with van der Waals surface area (Å²) in [6.07, 6.45) is -0.404. The van der Waals surface area contributed by atoms with Crippen LogP contribution in [0.4, 0.5) is 21.0 Å². The molecule has 0 unspecified atom stereocenters. The first-order valence-corrected chi connectivity index (χ1v) is 20.4. The molecule has 0 bridgehead atoms. The summed E-state index contributed by atoms with van der Waals surface area (Å²) in [7, 11) is 0.797. The Morgan fingerprint density at radius 2 is 1.02 bits per heavy atom. The Kier molecular flexibility index (Phi) is 12.8. The summed E-state index contributed by atoms with van der Waals surface area (Å²) in [5.74, 6) is -0.0479. The van der Waals surface area contributed by atoms with Crippen LogP contribution in [-0.2, 0) is 37.7 Å². The van der Waals surface area contributed by atoms with E-state index in [2.05, 4.69) is 5.32 Å². The molecule has 0 aliphatic carbocycles. The van der Waals surface area contributed by atoms with Crippen molar-refractivity contribution in [2.24, 2.45) is 0 Å². The van der Waals surface area contributed by atoms with Gasteiger partial charge in [0, 0.05) is 44.4 Å². The van der Waals surface area contributed by atoms with Gasteiger partial charge >= 0.3 is 26.4 Å². The highest BCUT2D eigenvalue weighted by atomic mass is 16.7. The van der Waals surface area contributed by atoms with Crippen LogP contribution in [0.3, 0.4) is 0 Å². The molecule has 6 rings (SSSR count). The fourth-order valence-electron chi connectivity index (χ4n) is 6.79. The lowest BCUT2D eigenvalue weighted by Gasteiger charge is -2.32. The van der Waals surface area contributed by atoms with Crippen LogP contribution in [0, 0.1) is 0 Å². The standard InChI is InChI=1S/C22H33BN2O5.C21H31BN2O5/c1-20(2,3)28-19(27)24(8)17-13-18(26)25(14-17)16-11-9-15(10-12-16)23-29-21(4,5)22(6,7)30-23;1-19(2,3)27-18(26)23-15-12-17(25)24(13-15)16-10-8-14(9-11-16)22-28-20(4,5)21(6,7)29-22/h9-12,17H,13-14H2,1-8H3;8-11,15H,12-13H2,1-7H3,(H,23,26)/t17-;15-/m00/s1. The molecule has 4 aliphatic rings. The Morgan fingerprint density at radius 1 is 0.644 bits per heavy atom. The summed E-state index contributed by atoms with van der Waals surface area (Å²) in [5, 5.41) is 2.78. The minimum absolute atomic E-state index is 0.0150. The van der Waals surface area contributed by atoms with Gasteiger partial charge in [-0.15, -0.1) is 0 Å². The van der Waals surface area contributed by atoms with Crippen molar-refractivity contribution in [3.63, 3.8) is 0 Å². The summed E-state index contributed by atoms with van der Waals surface area (Å²) >= 11 is 0. The summed E-state index contributed by atoms with van der Waals surface area (Å²) in [5.41, 5.74) is 0.635. The van der Waals surface area contributed by atoms with Crippen molar-refractivity contribution in [2.45, 2.75) is 155 Å². The number of hydrogen-bond acceptors (Lipinski definition) is 10. The van der Waals surface area contributed by atoms with Crippen molar-refractivity contribution in [3.05, 3.63) is 48.5 Å². The first kappa shape index (κ1) is 46.0. The molecule has 0 spiro atoms. The van der Waals surface area contributed by atoms with Crippen LogP contribution < -0.4 is 26.0 Å². The summed E-state index contributed by atoms with van der Waals surface area (Å²) in [4.78, 5) is 54.3. The molecule has 59 heavy (non-hydrogen) atoms. The maximum atomic E-state index is 12.6. The van der Waals surface area contributed by atoms with Crippen LogP contribution in [-0.4, -0.2) is 109 Å².